The Morgan fingerprint density at radius 2 is 1.88 bits per heavy atom. The summed E-state index contributed by atoms with van der Waals surface area (Å²) >= 11 is 0. The van der Waals surface area contributed by atoms with Crippen molar-refractivity contribution < 1.29 is 13.9 Å². The van der Waals surface area contributed by atoms with Crippen LogP contribution in [0.5, 0.6) is 0 Å². The highest BCUT2D eigenvalue weighted by atomic mass is 19.1. The second kappa shape index (κ2) is 11.6. The van der Waals surface area contributed by atoms with Crippen molar-refractivity contribution in [3.63, 3.8) is 0 Å². The normalized spacial score (nSPS) is 20.0. The van der Waals surface area contributed by atoms with Crippen LogP contribution in [0, 0.1) is 12.7 Å². The van der Waals surface area contributed by atoms with Crippen LogP contribution in [0.4, 0.5) is 16.0 Å². The molecule has 0 spiro atoms. The minimum atomic E-state index is -0.561. The molecule has 1 amide bonds. The largest absolute Gasteiger partial charge is 0.378 e. The number of ether oxygens (including phenoxy) is 1. The maximum absolute atomic E-state index is 15.2. The van der Waals surface area contributed by atoms with E-state index in [4.69, 9.17) is 9.72 Å². The van der Waals surface area contributed by atoms with E-state index in [0.717, 1.165) is 30.7 Å². The number of aromatic nitrogens is 3. The van der Waals surface area contributed by atoms with Gasteiger partial charge in [-0.05, 0) is 68.3 Å². The molecule has 0 aliphatic carbocycles. The van der Waals surface area contributed by atoms with E-state index in [1.807, 2.05) is 22.9 Å². The molecule has 0 saturated carbocycles. The number of nitrogens with one attached hydrogen (secondary N) is 2. The summed E-state index contributed by atoms with van der Waals surface area (Å²) in [7, 11) is 0. The molecule has 0 bridgehead atoms. The van der Waals surface area contributed by atoms with Gasteiger partial charge in [0, 0.05) is 74.0 Å². The first-order valence-electron chi connectivity index (χ1n) is 14.2. The molecule has 9 nitrogen and oxygen atoms in total. The van der Waals surface area contributed by atoms with Gasteiger partial charge in [-0.2, -0.15) is 4.98 Å². The number of fused-ring (bicyclic) bond motifs is 1. The minimum absolute atomic E-state index is 0.0593. The zero-order valence-electron chi connectivity index (χ0n) is 23.7. The van der Waals surface area contributed by atoms with E-state index >= 15 is 4.39 Å². The molecule has 2 unspecified atom stereocenters. The number of rotatable bonds is 6. The molecule has 10 heteroatoms. The first-order valence-corrected chi connectivity index (χ1v) is 14.2. The van der Waals surface area contributed by atoms with Crippen molar-refractivity contribution in [1.29, 1.82) is 0 Å². The zero-order valence-corrected chi connectivity index (χ0v) is 23.7. The topological polar surface area (TPSA) is 87.5 Å². The molecule has 214 valence electrons. The molecule has 2 fully saturated rings. The number of carbonyl (C=O) groups excluding carboxylic acids is 1. The Labute approximate surface area is 239 Å². The van der Waals surface area contributed by atoms with Crippen molar-refractivity contribution in [3.05, 3.63) is 77.4 Å². The van der Waals surface area contributed by atoms with Gasteiger partial charge in [-0.1, -0.05) is 6.07 Å². The molecule has 4 heterocycles. The van der Waals surface area contributed by atoms with Crippen LogP contribution in [0.15, 0.2) is 54.9 Å². The number of aryl methyl sites for hydroxylation is 1. The molecule has 2 atom stereocenters. The Morgan fingerprint density at radius 1 is 1.10 bits per heavy atom. The molecule has 2 saturated heterocycles. The van der Waals surface area contributed by atoms with Crippen molar-refractivity contribution in [2.24, 2.45) is 0 Å². The summed E-state index contributed by atoms with van der Waals surface area (Å²) in [5, 5.41) is 7.78. The Kier molecular flexibility index (Phi) is 7.70. The number of carbonyl (C=O) groups is 1. The summed E-state index contributed by atoms with van der Waals surface area (Å²) < 4.78 is 22.3. The van der Waals surface area contributed by atoms with Crippen LogP contribution in [0.1, 0.15) is 35.3 Å². The summed E-state index contributed by atoms with van der Waals surface area (Å²) in [6.45, 7) is 11.4. The van der Waals surface area contributed by atoms with Crippen molar-refractivity contribution >= 4 is 28.6 Å². The smallest absolute Gasteiger partial charge is 0.256 e. The average Bonchev–Trinajstić information content (AvgIpc) is 3.38. The van der Waals surface area contributed by atoms with Gasteiger partial charge in [0.2, 0.25) is 5.95 Å². The van der Waals surface area contributed by atoms with E-state index in [1.54, 1.807) is 23.2 Å². The fraction of sp³-hybridized carbons (Fsp3) is 0.387. The van der Waals surface area contributed by atoms with E-state index in [1.165, 1.54) is 17.2 Å². The maximum atomic E-state index is 15.2. The highest BCUT2D eigenvalue weighted by Crippen LogP contribution is 2.25. The number of amides is 1. The van der Waals surface area contributed by atoms with Gasteiger partial charge in [0.1, 0.15) is 11.5 Å². The van der Waals surface area contributed by atoms with Gasteiger partial charge in [0.05, 0.1) is 18.8 Å². The molecular weight excluding hydrogens is 521 g/mol. The number of hydrogen-bond donors (Lipinski definition) is 2. The van der Waals surface area contributed by atoms with Crippen molar-refractivity contribution in [1.82, 2.24) is 29.7 Å². The average molecular weight is 558 g/mol. The molecule has 6 rings (SSSR count). The van der Waals surface area contributed by atoms with Crippen LogP contribution in [0.25, 0.3) is 16.7 Å². The van der Waals surface area contributed by atoms with Gasteiger partial charge in [-0.3, -0.25) is 9.69 Å². The Hall–Kier alpha value is -3.86. The SMILES string of the molecule is Cc1ccc(Nc2ncc3ccn(-c4ccc(C(=O)N5CCOCC5)c(F)c4)c3n2)cc1CN1CC(C)NC(C)C1. The van der Waals surface area contributed by atoms with Crippen LogP contribution in [-0.2, 0) is 11.3 Å². The summed E-state index contributed by atoms with van der Waals surface area (Å²) in [6, 6.07) is 13.8. The fourth-order valence-electron chi connectivity index (χ4n) is 5.81. The molecule has 41 heavy (non-hydrogen) atoms. The third kappa shape index (κ3) is 5.95. The lowest BCUT2D eigenvalue weighted by Gasteiger charge is -2.36. The minimum Gasteiger partial charge on any atom is -0.378 e. The van der Waals surface area contributed by atoms with Crippen molar-refractivity contribution in [2.45, 2.75) is 39.4 Å². The number of hydrogen-bond acceptors (Lipinski definition) is 7. The van der Waals surface area contributed by atoms with Gasteiger partial charge >= 0.3 is 0 Å². The Balaban J connectivity index is 1.22. The summed E-state index contributed by atoms with van der Waals surface area (Å²) in [4.78, 5) is 26.2. The monoisotopic (exact) mass is 557 g/mol. The molecule has 0 radical (unpaired) electrons. The van der Waals surface area contributed by atoms with Gasteiger partial charge < -0.3 is 24.8 Å². The zero-order chi connectivity index (χ0) is 28.5. The van der Waals surface area contributed by atoms with Gasteiger partial charge in [-0.25, -0.2) is 9.37 Å². The number of nitrogens with zero attached hydrogens (tertiary/aromatic N) is 5. The first-order chi connectivity index (χ1) is 19.8. The van der Waals surface area contributed by atoms with E-state index in [0.29, 0.717) is 55.7 Å². The van der Waals surface area contributed by atoms with E-state index < -0.39 is 5.82 Å². The molecule has 2 aromatic heterocycles. The third-order valence-electron chi connectivity index (χ3n) is 7.82. The second-order valence-electron chi connectivity index (χ2n) is 11.2. The third-order valence-corrected chi connectivity index (χ3v) is 7.82. The standard InChI is InChI=1S/C31H36FN7O2/c1-20-4-5-25(14-24(20)19-37-17-21(2)34-22(3)18-37)35-31-33-16-23-8-9-39(29(23)36-31)26-6-7-27(28(32)15-26)30(40)38-10-12-41-13-11-38/h4-9,14-16,21-22,34H,10-13,17-19H2,1-3H3,(H,33,35,36). The van der Waals surface area contributed by atoms with Crippen LogP contribution >= 0.6 is 0 Å². The number of anilines is 2. The quantitative estimate of drug-likeness (QED) is 0.366. The van der Waals surface area contributed by atoms with Crippen LogP contribution in [-0.4, -0.2) is 81.7 Å². The summed E-state index contributed by atoms with van der Waals surface area (Å²) in [5.74, 6) is -0.424. The molecule has 4 aromatic rings. The van der Waals surface area contributed by atoms with Crippen LogP contribution in [0.3, 0.4) is 0 Å². The van der Waals surface area contributed by atoms with E-state index in [2.05, 4.69) is 53.4 Å². The lowest BCUT2D eigenvalue weighted by atomic mass is 10.1. The van der Waals surface area contributed by atoms with Gasteiger partial charge in [0.15, 0.2) is 0 Å². The van der Waals surface area contributed by atoms with Crippen LogP contribution < -0.4 is 10.6 Å². The lowest BCUT2D eigenvalue weighted by Crippen LogP contribution is -2.53. The Morgan fingerprint density at radius 3 is 2.63 bits per heavy atom. The first kappa shape index (κ1) is 27.3. The van der Waals surface area contributed by atoms with E-state index in [-0.39, 0.29) is 11.5 Å². The molecular formula is C31H36FN7O2. The summed E-state index contributed by atoms with van der Waals surface area (Å²) in [6.07, 6.45) is 3.59. The lowest BCUT2D eigenvalue weighted by molar-refractivity contribution is 0.0300. The molecule has 2 aromatic carbocycles. The fourth-order valence-corrected chi connectivity index (χ4v) is 5.81. The van der Waals surface area contributed by atoms with Crippen molar-refractivity contribution in [3.8, 4) is 5.69 Å². The van der Waals surface area contributed by atoms with Crippen LogP contribution in [0.2, 0.25) is 0 Å². The number of morpholine rings is 1. The number of halogens is 1. The van der Waals surface area contributed by atoms with Gasteiger partial charge in [-0.15, -0.1) is 0 Å². The molecule has 2 aliphatic heterocycles. The highest BCUT2D eigenvalue weighted by molar-refractivity contribution is 5.95. The predicted molar refractivity (Wildman–Crippen MR) is 157 cm³/mol. The maximum Gasteiger partial charge on any atom is 0.256 e. The molecule has 2 aliphatic rings. The Bertz CT molecular complexity index is 1560. The van der Waals surface area contributed by atoms with E-state index in [9.17, 15) is 4.79 Å². The summed E-state index contributed by atoms with van der Waals surface area (Å²) in [5.41, 5.74) is 4.71. The number of benzene rings is 2. The highest BCUT2D eigenvalue weighted by Gasteiger charge is 2.23. The van der Waals surface area contributed by atoms with Gasteiger partial charge in [0.25, 0.3) is 5.91 Å². The van der Waals surface area contributed by atoms with Crippen molar-refractivity contribution in [2.75, 3.05) is 44.7 Å². The predicted octanol–water partition coefficient (Wildman–Crippen LogP) is 4.27. The second-order valence-corrected chi connectivity index (χ2v) is 11.2. The molecule has 2 N–H and O–H groups in total. The number of piperazine rings is 1.